The van der Waals surface area contributed by atoms with Crippen LogP contribution in [0.15, 0.2) is 12.2 Å². The van der Waals surface area contributed by atoms with E-state index >= 15 is 0 Å². The third kappa shape index (κ3) is 3.57. The Morgan fingerprint density at radius 1 is 1.33 bits per heavy atom. The lowest BCUT2D eigenvalue weighted by Gasteiger charge is -2.30. The molecule has 0 aromatic heterocycles. The quantitative estimate of drug-likeness (QED) is 0.642. The molecule has 2 N–H and O–H groups in total. The normalized spacial score (nSPS) is 30.2. The summed E-state index contributed by atoms with van der Waals surface area (Å²) in [5.74, 6) is 0. The number of rotatable bonds is 2. The largest absolute Gasteiger partial charge is 0.311 e. The molecule has 0 saturated carbocycles. The van der Waals surface area contributed by atoms with Gasteiger partial charge in [-0.15, -0.1) is 12.4 Å². The van der Waals surface area contributed by atoms with E-state index in [2.05, 4.69) is 36.6 Å². The highest BCUT2D eigenvalue weighted by Gasteiger charge is 2.17. The summed E-state index contributed by atoms with van der Waals surface area (Å²) in [6.07, 6.45) is 5.48. The molecule has 72 valence electrons. The van der Waals surface area contributed by atoms with Crippen molar-refractivity contribution in [2.24, 2.45) is 0 Å². The van der Waals surface area contributed by atoms with Crippen molar-refractivity contribution in [3.05, 3.63) is 12.2 Å². The molecule has 1 fully saturated rings. The molecule has 12 heavy (non-hydrogen) atoms. The zero-order valence-corrected chi connectivity index (χ0v) is 8.66. The summed E-state index contributed by atoms with van der Waals surface area (Å²) in [6, 6.07) is 1.24. The first kappa shape index (κ1) is 11.9. The second-order valence-corrected chi connectivity index (χ2v) is 3.11. The monoisotopic (exact) mass is 190 g/mol. The summed E-state index contributed by atoms with van der Waals surface area (Å²) in [6.45, 7) is 6.52. The summed E-state index contributed by atoms with van der Waals surface area (Å²) < 4.78 is 0. The van der Waals surface area contributed by atoms with Gasteiger partial charge < -0.3 is 10.6 Å². The van der Waals surface area contributed by atoms with Gasteiger partial charge in [-0.05, 0) is 20.3 Å². The van der Waals surface area contributed by atoms with Crippen LogP contribution in [0.5, 0.6) is 0 Å². The molecule has 2 nitrogen and oxygen atoms in total. The third-order valence-corrected chi connectivity index (χ3v) is 2.23. The van der Waals surface area contributed by atoms with Gasteiger partial charge in [-0.1, -0.05) is 12.2 Å². The van der Waals surface area contributed by atoms with Gasteiger partial charge >= 0.3 is 0 Å². The van der Waals surface area contributed by atoms with Crippen molar-refractivity contribution in [1.29, 1.82) is 0 Å². The van der Waals surface area contributed by atoms with E-state index in [1.165, 1.54) is 0 Å². The average Bonchev–Trinajstić information content (AvgIpc) is 2.03. The van der Waals surface area contributed by atoms with E-state index in [9.17, 15) is 0 Å². The fourth-order valence-corrected chi connectivity index (χ4v) is 1.45. The van der Waals surface area contributed by atoms with E-state index in [4.69, 9.17) is 0 Å². The van der Waals surface area contributed by atoms with Crippen molar-refractivity contribution in [3.63, 3.8) is 0 Å². The molecule has 2 unspecified atom stereocenters. The minimum atomic E-state index is 0. The Balaban J connectivity index is 0.00000121. The molecule has 0 aromatic rings. The molecule has 0 aromatic carbocycles. The van der Waals surface area contributed by atoms with Crippen LogP contribution in [0.2, 0.25) is 0 Å². The smallest absolute Gasteiger partial charge is 0.0253 e. The molecule has 0 bridgehead atoms. The van der Waals surface area contributed by atoms with Crippen molar-refractivity contribution in [2.45, 2.75) is 32.4 Å². The van der Waals surface area contributed by atoms with E-state index < -0.39 is 0 Å². The second-order valence-electron chi connectivity index (χ2n) is 3.11. The molecule has 1 aliphatic rings. The lowest BCUT2D eigenvalue weighted by Crippen LogP contribution is -2.54. The Morgan fingerprint density at radius 3 is 2.58 bits per heavy atom. The van der Waals surface area contributed by atoms with Crippen molar-refractivity contribution in [1.82, 2.24) is 10.6 Å². The minimum absolute atomic E-state index is 0. The fourth-order valence-electron chi connectivity index (χ4n) is 1.45. The summed E-state index contributed by atoms with van der Waals surface area (Å²) in [7, 11) is 0. The highest BCUT2D eigenvalue weighted by atomic mass is 35.5. The fraction of sp³-hybridized carbons (Fsp3) is 0.778. The zero-order valence-electron chi connectivity index (χ0n) is 7.84. The third-order valence-electron chi connectivity index (χ3n) is 2.23. The van der Waals surface area contributed by atoms with E-state index in [1.807, 2.05) is 0 Å². The van der Waals surface area contributed by atoms with Crippen molar-refractivity contribution in [3.8, 4) is 0 Å². The maximum Gasteiger partial charge on any atom is 0.0253 e. The van der Waals surface area contributed by atoms with E-state index in [0.29, 0.717) is 12.1 Å². The van der Waals surface area contributed by atoms with Gasteiger partial charge in [0.25, 0.3) is 0 Å². The number of piperazine rings is 1. The molecular formula is C9H19ClN2. The molecule has 1 saturated heterocycles. The first-order valence-corrected chi connectivity index (χ1v) is 4.42. The predicted molar refractivity (Wildman–Crippen MR) is 55.9 cm³/mol. The number of hydrogen-bond acceptors (Lipinski definition) is 2. The Labute approximate surface area is 81.2 Å². The van der Waals surface area contributed by atoms with Gasteiger partial charge in [0, 0.05) is 25.2 Å². The van der Waals surface area contributed by atoms with Crippen LogP contribution in [-0.2, 0) is 0 Å². The van der Waals surface area contributed by atoms with Crippen LogP contribution in [0, 0.1) is 0 Å². The average molecular weight is 191 g/mol. The summed E-state index contributed by atoms with van der Waals surface area (Å²) in [5, 5.41) is 6.93. The van der Waals surface area contributed by atoms with E-state index in [1.54, 1.807) is 0 Å². The first-order valence-electron chi connectivity index (χ1n) is 4.42. The second kappa shape index (κ2) is 6.46. The number of allylic oxidation sites excluding steroid dienone is 1. The van der Waals surface area contributed by atoms with Crippen LogP contribution in [0.3, 0.4) is 0 Å². The van der Waals surface area contributed by atoms with E-state index in [-0.39, 0.29) is 12.4 Å². The summed E-state index contributed by atoms with van der Waals surface area (Å²) in [4.78, 5) is 0. The molecule has 0 radical (unpaired) electrons. The zero-order chi connectivity index (χ0) is 8.10. The minimum Gasteiger partial charge on any atom is -0.311 e. The maximum atomic E-state index is 3.49. The van der Waals surface area contributed by atoms with Gasteiger partial charge in [0.2, 0.25) is 0 Å². The molecule has 1 aliphatic heterocycles. The van der Waals surface area contributed by atoms with Crippen LogP contribution >= 0.6 is 12.4 Å². The van der Waals surface area contributed by atoms with Gasteiger partial charge in [0.1, 0.15) is 0 Å². The predicted octanol–water partition coefficient (Wildman–Crippen LogP) is 1.32. The Hall–Kier alpha value is -0.0500. The van der Waals surface area contributed by atoms with Crippen LogP contribution < -0.4 is 10.6 Å². The van der Waals surface area contributed by atoms with E-state index in [0.717, 1.165) is 19.5 Å². The van der Waals surface area contributed by atoms with Gasteiger partial charge in [-0.2, -0.15) is 0 Å². The van der Waals surface area contributed by atoms with Crippen molar-refractivity contribution < 1.29 is 0 Å². The number of nitrogens with one attached hydrogen (secondary N) is 2. The standard InChI is InChI=1S/C9H18N2.ClH/c1-3-4-5-9-8(2)10-6-7-11-9;/h3-4,8-11H,5-7H2,1-2H3;1H. The summed E-state index contributed by atoms with van der Waals surface area (Å²) >= 11 is 0. The lowest BCUT2D eigenvalue weighted by atomic mass is 10.0. The number of halogens is 1. The Bertz CT molecular complexity index is 136. The van der Waals surface area contributed by atoms with Crippen molar-refractivity contribution >= 4 is 12.4 Å². The van der Waals surface area contributed by atoms with Gasteiger partial charge in [0.05, 0.1) is 0 Å². The Morgan fingerprint density at radius 2 is 2.00 bits per heavy atom. The van der Waals surface area contributed by atoms with Crippen molar-refractivity contribution in [2.75, 3.05) is 13.1 Å². The molecule has 2 atom stereocenters. The molecule has 3 heteroatoms. The van der Waals surface area contributed by atoms with Gasteiger partial charge in [-0.3, -0.25) is 0 Å². The van der Waals surface area contributed by atoms with Crippen LogP contribution in [0.4, 0.5) is 0 Å². The number of hydrogen-bond donors (Lipinski definition) is 2. The molecule has 0 amide bonds. The van der Waals surface area contributed by atoms with Crippen LogP contribution in [-0.4, -0.2) is 25.2 Å². The lowest BCUT2D eigenvalue weighted by molar-refractivity contribution is 0.340. The van der Waals surface area contributed by atoms with Gasteiger partial charge in [-0.25, -0.2) is 0 Å². The summed E-state index contributed by atoms with van der Waals surface area (Å²) in [5.41, 5.74) is 0. The molecule has 0 aliphatic carbocycles. The molecule has 1 heterocycles. The topological polar surface area (TPSA) is 24.1 Å². The highest BCUT2D eigenvalue weighted by molar-refractivity contribution is 5.85. The first-order chi connectivity index (χ1) is 5.34. The van der Waals surface area contributed by atoms with Crippen LogP contribution in [0.1, 0.15) is 20.3 Å². The molecule has 1 rings (SSSR count). The van der Waals surface area contributed by atoms with Gasteiger partial charge in [0.15, 0.2) is 0 Å². The van der Waals surface area contributed by atoms with Crippen LogP contribution in [0.25, 0.3) is 0 Å². The molecular weight excluding hydrogens is 172 g/mol. The maximum absolute atomic E-state index is 3.49. The molecule has 0 spiro atoms. The Kier molecular flexibility index (Phi) is 6.44. The highest BCUT2D eigenvalue weighted by Crippen LogP contribution is 2.02. The SMILES string of the molecule is CC=CCC1NCCNC1C.Cl.